The quantitative estimate of drug-likeness (QED) is 0.526. The van der Waals surface area contributed by atoms with Crippen molar-refractivity contribution in [3.05, 3.63) is 40.4 Å². The van der Waals surface area contributed by atoms with E-state index in [-0.39, 0.29) is 23.9 Å². The zero-order valence-corrected chi connectivity index (χ0v) is 21.8. The predicted molar refractivity (Wildman–Crippen MR) is 138 cm³/mol. The predicted octanol–water partition coefficient (Wildman–Crippen LogP) is 2.93. The van der Waals surface area contributed by atoms with Gasteiger partial charge in [-0.1, -0.05) is 6.07 Å². The van der Waals surface area contributed by atoms with Gasteiger partial charge in [0, 0.05) is 50.8 Å². The van der Waals surface area contributed by atoms with E-state index in [1.807, 2.05) is 6.07 Å². The third-order valence-electron chi connectivity index (χ3n) is 6.62. The van der Waals surface area contributed by atoms with E-state index < -0.39 is 18.5 Å². The lowest BCUT2D eigenvalue weighted by molar-refractivity contribution is -0.0552. The van der Waals surface area contributed by atoms with Gasteiger partial charge in [0.25, 0.3) is 11.8 Å². The number of benzene rings is 1. The van der Waals surface area contributed by atoms with Crippen molar-refractivity contribution < 1.29 is 23.5 Å². The molecule has 0 saturated carbocycles. The van der Waals surface area contributed by atoms with Crippen LogP contribution in [0.5, 0.6) is 0 Å². The van der Waals surface area contributed by atoms with Crippen molar-refractivity contribution in [3.63, 3.8) is 0 Å². The maximum absolute atomic E-state index is 13.0. The van der Waals surface area contributed by atoms with Crippen LogP contribution in [-0.4, -0.2) is 86.5 Å². The number of aromatic nitrogens is 1. The number of methoxy groups -OCH3 is 1. The molecule has 0 spiro atoms. The van der Waals surface area contributed by atoms with Gasteiger partial charge in [-0.25, -0.2) is 9.37 Å². The highest BCUT2D eigenvalue weighted by Crippen LogP contribution is 2.27. The average molecular weight is 520 g/mol. The average Bonchev–Trinajstić information content (AvgIpc) is 3.54. The number of thiazole rings is 1. The maximum Gasteiger partial charge on any atom is 0.275 e. The molecule has 1 aromatic heterocycles. The van der Waals surface area contributed by atoms with Gasteiger partial charge in [0.2, 0.25) is 0 Å². The van der Waals surface area contributed by atoms with Gasteiger partial charge in [-0.15, -0.1) is 11.3 Å². The summed E-state index contributed by atoms with van der Waals surface area (Å²) in [6.07, 6.45) is 1.08. The van der Waals surface area contributed by atoms with Crippen LogP contribution < -0.4 is 15.5 Å². The van der Waals surface area contributed by atoms with E-state index in [4.69, 9.17) is 9.47 Å². The molecule has 0 unspecified atom stereocenters. The summed E-state index contributed by atoms with van der Waals surface area (Å²) in [5.74, 6) is -0.839. The molecule has 196 valence electrons. The lowest BCUT2D eigenvalue weighted by Gasteiger charge is -2.42. The van der Waals surface area contributed by atoms with Crippen molar-refractivity contribution in [2.24, 2.45) is 0 Å². The Hall–Kier alpha value is -2.60. The van der Waals surface area contributed by atoms with Gasteiger partial charge >= 0.3 is 0 Å². The highest BCUT2D eigenvalue weighted by Gasteiger charge is 2.31. The molecule has 4 rings (SSSR count). The van der Waals surface area contributed by atoms with Crippen molar-refractivity contribution in [1.29, 1.82) is 0 Å². The van der Waals surface area contributed by atoms with Crippen LogP contribution in [0.1, 0.15) is 46.7 Å². The first-order valence-corrected chi connectivity index (χ1v) is 13.0. The monoisotopic (exact) mass is 519 g/mol. The van der Waals surface area contributed by atoms with Crippen molar-refractivity contribution in [1.82, 2.24) is 15.2 Å². The number of morpholine rings is 1. The van der Waals surface area contributed by atoms with Crippen LogP contribution >= 0.6 is 11.3 Å². The second-order valence-electron chi connectivity index (χ2n) is 9.67. The summed E-state index contributed by atoms with van der Waals surface area (Å²) in [5.41, 5.74) is 1.72. The molecule has 3 heterocycles. The fourth-order valence-electron chi connectivity index (χ4n) is 4.44. The van der Waals surface area contributed by atoms with E-state index in [0.29, 0.717) is 31.0 Å². The van der Waals surface area contributed by atoms with Gasteiger partial charge < -0.3 is 25.0 Å². The van der Waals surface area contributed by atoms with E-state index in [9.17, 15) is 14.0 Å². The number of nitrogens with one attached hydrogen (secondary N) is 2. The second-order valence-corrected chi connectivity index (χ2v) is 10.5. The molecule has 2 saturated heterocycles. The van der Waals surface area contributed by atoms with Crippen molar-refractivity contribution in [2.45, 2.75) is 38.5 Å². The molecular formula is C25H34FN5O4S. The summed E-state index contributed by atoms with van der Waals surface area (Å²) >= 11 is 1.40. The molecule has 2 fully saturated rings. The smallest absolute Gasteiger partial charge is 0.275 e. The molecule has 11 heteroatoms. The zero-order chi connectivity index (χ0) is 25.7. The molecule has 2 aliphatic rings. The van der Waals surface area contributed by atoms with Crippen LogP contribution in [0.25, 0.3) is 0 Å². The van der Waals surface area contributed by atoms with Crippen molar-refractivity contribution in [2.75, 3.05) is 63.4 Å². The topological polar surface area (TPSA) is 96.0 Å². The minimum Gasteiger partial charge on any atom is -0.380 e. The van der Waals surface area contributed by atoms with Crippen molar-refractivity contribution >= 4 is 34.0 Å². The first-order chi connectivity index (χ1) is 17.3. The van der Waals surface area contributed by atoms with E-state index in [1.54, 1.807) is 24.6 Å². The van der Waals surface area contributed by atoms with Gasteiger partial charge in [0.05, 0.1) is 30.6 Å². The number of rotatable bonds is 9. The van der Waals surface area contributed by atoms with E-state index in [2.05, 4.69) is 39.3 Å². The van der Waals surface area contributed by atoms with Crippen LogP contribution in [0.15, 0.2) is 23.6 Å². The van der Waals surface area contributed by atoms with E-state index in [1.165, 1.54) is 11.3 Å². The van der Waals surface area contributed by atoms with Crippen LogP contribution in [0.2, 0.25) is 0 Å². The molecule has 36 heavy (non-hydrogen) atoms. The number of halogens is 1. The zero-order valence-electron chi connectivity index (χ0n) is 21.0. The summed E-state index contributed by atoms with van der Waals surface area (Å²) < 4.78 is 23.8. The molecule has 2 aromatic rings. The minimum absolute atomic E-state index is 0.0965. The number of amides is 2. The number of hydrogen-bond acceptors (Lipinski definition) is 8. The van der Waals surface area contributed by atoms with Gasteiger partial charge in [0.1, 0.15) is 12.4 Å². The summed E-state index contributed by atoms with van der Waals surface area (Å²) in [5, 5.41) is 7.88. The molecule has 0 aliphatic carbocycles. The fraction of sp³-hybridized carbons (Fsp3) is 0.560. The number of carbonyl (C=O) groups is 2. The molecule has 0 bridgehead atoms. The van der Waals surface area contributed by atoms with Crippen LogP contribution in [0.4, 0.5) is 15.2 Å². The first kappa shape index (κ1) is 26.5. The summed E-state index contributed by atoms with van der Waals surface area (Å²) in [6, 6.07) is 5.38. The molecule has 1 atom stereocenters. The Bertz CT molecular complexity index is 1080. The Labute approximate surface area is 215 Å². The molecule has 9 nitrogen and oxygen atoms in total. The molecule has 2 aliphatic heterocycles. The van der Waals surface area contributed by atoms with Crippen LogP contribution in [-0.2, 0) is 16.0 Å². The largest absolute Gasteiger partial charge is 0.380 e. The summed E-state index contributed by atoms with van der Waals surface area (Å²) in [6.45, 7) is 7.73. The highest BCUT2D eigenvalue weighted by molar-refractivity contribution is 7.14. The second kappa shape index (κ2) is 11.6. The van der Waals surface area contributed by atoms with Gasteiger partial charge in [0.15, 0.2) is 5.13 Å². The number of alkyl halides is 1. The summed E-state index contributed by atoms with van der Waals surface area (Å²) in [7, 11) is 1.70. The lowest BCUT2D eigenvalue weighted by Crippen LogP contribution is -2.52. The standard InChI is InChI=1S/C25H34FN5O4S/c1-25(2)16-35-11-10-31(25)13-17-4-5-20(19(12-17)22(32)27-8-7-26)28-23(33)21-15-36-24(29-21)30-9-6-18(14-30)34-3/h4-5,12,15,18H,6-11,13-14,16H2,1-3H3,(H,27,32)(H,28,33)/t18-/m0/s1. The fourth-order valence-corrected chi connectivity index (χ4v) is 5.28. The molecule has 2 amide bonds. The lowest BCUT2D eigenvalue weighted by atomic mass is 10.00. The third kappa shape index (κ3) is 6.20. The Morgan fingerprint density at radius 2 is 2.14 bits per heavy atom. The Morgan fingerprint density at radius 1 is 1.31 bits per heavy atom. The number of ether oxygens (including phenoxy) is 2. The van der Waals surface area contributed by atoms with E-state index >= 15 is 0 Å². The van der Waals surface area contributed by atoms with Crippen molar-refractivity contribution in [3.8, 4) is 0 Å². The Morgan fingerprint density at radius 3 is 2.86 bits per heavy atom. The normalized spacial score (nSPS) is 19.9. The first-order valence-electron chi connectivity index (χ1n) is 12.1. The van der Waals surface area contributed by atoms with Gasteiger partial charge in [-0.3, -0.25) is 14.5 Å². The van der Waals surface area contributed by atoms with Crippen LogP contribution in [0.3, 0.4) is 0 Å². The minimum atomic E-state index is -0.670. The van der Waals surface area contributed by atoms with E-state index in [0.717, 1.165) is 36.8 Å². The molecule has 1 aromatic carbocycles. The molecule has 2 N–H and O–H groups in total. The number of carbonyl (C=O) groups excluding carboxylic acids is 2. The summed E-state index contributed by atoms with van der Waals surface area (Å²) in [4.78, 5) is 34.8. The highest BCUT2D eigenvalue weighted by atomic mass is 32.1. The van der Waals surface area contributed by atoms with Gasteiger partial charge in [-0.2, -0.15) is 0 Å². The molecule has 0 radical (unpaired) electrons. The number of hydrogen-bond donors (Lipinski definition) is 2. The Balaban J connectivity index is 1.51. The third-order valence-corrected chi connectivity index (χ3v) is 7.52. The Kier molecular flexibility index (Phi) is 8.55. The van der Waals surface area contributed by atoms with Crippen LogP contribution in [0, 0.1) is 0 Å². The molecular weight excluding hydrogens is 485 g/mol. The number of anilines is 2. The maximum atomic E-state index is 13.0. The number of nitrogens with zero attached hydrogens (tertiary/aromatic N) is 3. The van der Waals surface area contributed by atoms with Gasteiger partial charge in [-0.05, 0) is 38.0 Å². The SMILES string of the molecule is CO[C@H]1CCN(c2nc(C(=O)Nc3ccc(CN4CCOCC4(C)C)cc3C(=O)NCCF)cs2)C1.